The predicted octanol–water partition coefficient (Wildman–Crippen LogP) is 2.05. The molecule has 0 aliphatic carbocycles. The maximum atomic E-state index is 12.3. The maximum Gasteiger partial charge on any atom is 0.306 e. The lowest BCUT2D eigenvalue weighted by molar-refractivity contribution is -0.154. The van der Waals surface area contributed by atoms with Crippen molar-refractivity contribution in [1.82, 2.24) is 10.3 Å². The van der Waals surface area contributed by atoms with Crippen LogP contribution in [0.5, 0.6) is 5.75 Å². The van der Waals surface area contributed by atoms with E-state index in [1.54, 1.807) is 27.0 Å². The first kappa shape index (κ1) is 22.7. The number of amides is 1. The van der Waals surface area contributed by atoms with Gasteiger partial charge < -0.3 is 19.8 Å². The first-order chi connectivity index (χ1) is 14.3. The van der Waals surface area contributed by atoms with Crippen LogP contribution >= 0.6 is 0 Å². The van der Waals surface area contributed by atoms with Crippen LogP contribution in [-0.2, 0) is 27.3 Å². The number of aryl methyl sites for hydroxylation is 1. The minimum atomic E-state index is -0.959. The fraction of sp³-hybridized carbons (Fsp3) is 0.364. The molecule has 1 amide bonds. The third-order valence-corrected chi connectivity index (χ3v) is 4.82. The van der Waals surface area contributed by atoms with Crippen molar-refractivity contribution in [3.05, 3.63) is 62.6 Å². The summed E-state index contributed by atoms with van der Waals surface area (Å²) >= 11 is 0. The molecule has 1 atom stereocenters. The van der Waals surface area contributed by atoms with Crippen LogP contribution in [0.1, 0.15) is 41.3 Å². The van der Waals surface area contributed by atoms with Crippen molar-refractivity contribution in [3.63, 3.8) is 0 Å². The monoisotopic (exact) mass is 411 g/mol. The second-order valence-electron chi connectivity index (χ2n) is 6.83. The summed E-state index contributed by atoms with van der Waals surface area (Å²) in [6, 6.07) is 9.18. The topological polar surface area (TPSA) is 121 Å². The first-order valence-electron chi connectivity index (χ1n) is 9.50. The summed E-state index contributed by atoms with van der Waals surface area (Å²) in [6.45, 7) is 5.14. The normalized spacial score (nSPS) is 11.3. The molecule has 0 saturated heterocycles. The minimum absolute atomic E-state index is 0.0166. The van der Waals surface area contributed by atoms with Crippen molar-refractivity contribution in [2.24, 2.45) is 0 Å². The van der Waals surface area contributed by atoms with Gasteiger partial charge in [-0.15, -0.1) is 0 Å². The van der Waals surface area contributed by atoms with Crippen LogP contribution in [0.4, 0.5) is 0 Å². The maximum absolute atomic E-state index is 12.3. The Labute approximate surface area is 174 Å². The van der Waals surface area contributed by atoms with Gasteiger partial charge in [-0.25, -0.2) is 0 Å². The standard InChI is InChI=1S/C22H25N3O5/c1-13-17(14(2)25-22(28)18(13)11-23)9-10-20(26)30-15(3)21(27)24-12-16-7-5-6-8-19(16)29-4/h5-8,15H,9-10,12H2,1-4H3,(H,24,27)(H,25,28). The van der Waals surface area contributed by atoms with E-state index >= 15 is 0 Å². The van der Waals surface area contributed by atoms with E-state index in [0.29, 0.717) is 17.0 Å². The van der Waals surface area contributed by atoms with Crippen LogP contribution < -0.4 is 15.6 Å². The van der Waals surface area contributed by atoms with Crippen LogP contribution in [0, 0.1) is 25.2 Å². The molecule has 2 aromatic rings. The number of nitrogens with zero attached hydrogens (tertiary/aromatic N) is 1. The van der Waals surface area contributed by atoms with E-state index in [1.807, 2.05) is 24.3 Å². The highest BCUT2D eigenvalue weighted by Gasteiger charge is 2.19. The van der Waals surface area contributed by atoms with Gasteiger partial charge in [-0.3, -0.25) is 14.4 Å². The van der Waals surface area contributed by atoms with E-state index in [4.69, 9.17) is 14.7 Å². The number of hydrogen-bond donors (Lipinski definition) is 2. The number of benzene rings is 1. The number of carbonyl (C=O) groups excluding carboxylic acids is 2. The van der Waals surface area contributed by atoms with E-state index in [2.05, 4.69) is 10.3 Å². The highest BCUT2D eigenvalue weighted by molar-refractivity contribution is 5.83. The molecule has 1 unspecified atom stereocenters. The highest BCUT2D eigenvalue weighted by Crippen LogP contribution is 2.17. The lowest BCUT2D eigenvalue weighted by atomic mass is 9.99. The zero-order valence-corrected chi connectivity index (χ0v) is 17.5. The van der Waals surface area contributed by atoms with E-state index < -0.39 is 23.5 Å². The fourth-order valence-corrected chi connectivity index (χ4v) is 3.13. The Bertz CT molecular complexity index is 1040. The summed E-state index contributed by atoms with van der Waals surface area (Å²) in [6.07, 6.45) is -0.653. The van der Waals surface area contributed by atoms with Crippen LogP contribution in [0.3, 0.4) is 0 Å². The van der Waals surface area contributed by atoms with Crippen LogP contribution in [0.2, 0.25) is 0 Å². The van der Waals surface area contributed by atoms with Crippen molar-refractivity contribution >= 4 is 11.9 Å². The molecule has 0 aliphatic rings. The van der Waals surface area contributed by atoms with Gasteiger partial charge in [0.2, 0.25) is 0 Å². The van der Waals surface area contributed by atoms with Crippen LogP contribution in [0.15, 0.2) is 29.1 Å². The molecule has 0 radical (unpaired) electrons. The summed E-state index contributed by atoms with van der Waals surface area (Å²) in [5, 5.41) is 11.8. The number of esters is 1. The molecule has 158 valence electrons. The molecule has 1 aromatic carbocycles. The van der Waals surface area contributed by atoms with Gasteiger partial charge in [-0.2, -0.15) is 5.26 Å². The number of carbonyl (C=O) groups is 2. The Balaban J connectivity index is 1.91. The minimum Gasteiger partial charge on any atom is -0.496 e. The molecule has 30 heavy (non-hydrogen) atoms. The number of methoxy groups -OCH3 is 1. The third-order valence-electron chi connectivity index (χ3n) is 4.82. The number of aromatic nitrogens is 1. The SMILES string of the molecule is COc1ccccc1CNC(=O)C(C)OC(=O)CCc1c(C)[nH]c(=O)c(C#N)c1C. The third kappa shape index (κ3) is 5.47. The second-order valence-corrected chi connectivity index (χ2v) is 6.83. The van der Waals surface area contributed by atoms with Crippen LogP contribution in [0.25, 0.3) is 0 Å². The number of pyridine rings is 1. The Morgan fingerprint density at radius 1 is 1.27 bits per heavy atom. The van der Waals surface area contributed by atoms with Gasteiger partial charge >= 0.3 is 5.97 Å². The molecular weight excluding hydrogens is 386 g/mol. The van der Waals surface area contributed by atoms with Gasteiger partial charge in [0.05, 0.1) is 7.11 Å². The van der Waals surface area contributed by atoms with Crippen molar-refractivity contribution in [2.45, 2.75) is 46.3 Å². The molecule has 1 aromatic heterocycles. The number of aromatic amines is 1. The van der Waals surface area contributed by atoms with E-state index in [1.165, 1.54) is 6.92 Å². The van der Waals surface area contributed by atoms with Gasteiger partial charge in [0.15, 0.2) is 6.10 Å². The molecule has 0 bridgehead atoms. The van der Waals surface area contributed by atoms with Gasteiger partial charge in [0.1, 0.15) is 17.4 Å². The number of nitriles is 1. The van der Waals surface area contributed by atoms with E-state index in [9.17, 15) is 14.4 Å². The molecular formula is C22H25N3O5. The quantitative estimate of drug-likeness (QED) is 0.641. The molecule has 0 aliphatic heterocycles. The number of H-pyrrole nitrogens is 1. The first-order valence-corrected chi connectivity index (χ1v) is 9.50. The molecule has 0 saturated carbocycles. The van der Waals surface area contributed by atoms with Gasteiger partial charge in [-0.1, -0.05) is 18.2 Å². The summed E-state index contributed by atoms with van der Waals surface area (Å²) in [4.78, 5) is 38.8. The average Bonchev–Trinajstić information content (AvgIpc) is 2.71. The van der Waals surface area contributed by atoms with Crippen molar-refractivity contribution in [3.8, 4) is 11.8 Å². The number of hydrogen-bond acceptors (Lipinski definition) is 6. The molecule has 0 spiro atoms. The highest BCUT2D eigenvalue weighted by atomic mass is 16.5. The van der Waals surface area contributed by atoms with Gasteiger partial charge in [0.25, 0.3) is 11.5 Å². The predicted molar refractivity (Wildman–Crippen MR) is 110 cm³/mol. The smallest absolute Gasteiger partial charge is 0.306 e. The second kappa shape index (κ2) is 10.3. The Hall–Kier alpha value is -3.60. The largest absolute Gasteiger partial charge is 0.496 e. The molecule has 0 fully saturated rings. The average molecular weight is 411 g/mol. The van der Waals surface area contributed by atoms with Crippen LogP contribution in [-0.4, -0.2) is 30.1 Å². The zero-order valence-electron chi connectivity index (χ0n) is 17.5. The Kier molecular flexibility index (Phi) is 7.76. The molecule has 2 rings (SSSR count). The molecule has 2 N–H and O–H groups in total. The number of para-hydroxylation sites is 1. The number of ether oxygens (including phenoxy) is 2. The molecule has 8 nitrogen and oxygen atoms in total. The number of rotatable bonds is 8. The van der Waals surface area contributed by atoms with E-state index in [-0.39, 0.29) is 24.9 Å². The summed E-state index contributed by atoms with van der Waals surface area (Å²) in [5.41, 5.74) is 2.27. The Morgan fingerprint density at radius 2 is 1.97 bits per heavy atom. The van der Waals surface area contributed by atoms with Crippen molar-refractivity contribution in [1.29, 1.82) is 5.26 Å². The summed E-state index contributed by atoms with van der Waals surface area (Å²) in [5.74, 6) is -0.304. The zero-order chi connectivity index (χ0) is 22.3. The van der Waals surface area contributed by atoms with E-state index in [0.717, 1.165) is 11.1 Å². The van der Waals surface area contributed by atoms with Crippen molar-refractivity contribution < 1.29 is 19.1 Å². The van der Waals surface area contributed by atoms with Gasteiger partial charge in [-0.05, 0) is 44.4 Å². The fourth-order valence-electron chi connectivity index (χ4n) is 3.13. The van der Waals surface area contributed by atoms with Gasteiger partial charge in [0, 0.05) is 24.2 Å². The molecule has 1 heterocycles. The lowest BCUT2D eigenvalue weighted by Gasteiger charge is -2.15. The summed E-state index contributed by atoms with van der Waals surface area (Å²) in [7, 11) is 1.55. The summed E-state index contributed by atoms with van der Waals surface area (Å²) < 4.78 is 10.5. The number of nitrogens with one attached hydrogen (secondary N) is 2. The Morgan fingerprint density at radius 3 is 2.63 bits per heavy atom. The van der Waals surface area contributed by atoms with Crippen molar-refractivity contribution in [2.75, 3.05) is 7.11 Å². The lowest BCUT2D eigenvalue weighted by Crippen LogP contribution is -2.35. The molecule has 8 heteroatoms.